The fourth-order valence-corrected chi connectivity index (χ4v) is 3.42. The van der Waals surface area contributed by atoms with Crippen molar-refractivity contribution in [1.82, 2.24) is 10.1 Å². The van der Waals surface area contributed by atoms with E-state index in [-0.39, 0.29) is 29.4 Å². The Labute approximate surface area is 144 Å². The van der Waals surface area contributed by atoms with Crippen molar-refractivity contribution < 1.29 is 18.4 Å². The number of piperidine rings is 1. The maximum atomic E-state index is 13.0. The molecule has 1 aliphatic heterocycles. The first-order valence-corrected chi connectivity index (χ1v) is 8.34. The number of halogens is 1. The number of methoxy groups -OCH3 is 1. The zero-order valence-electron chi connectivity index (χ0n) is 14.0. The highest BCUT2D eigenvalue weighted by atomic mass is 19.1. The maximum Gasteiger partial charge on any atom is 0.409 e. The number of ether oxygens (including phenoxy) is 1. The Balaban J connectivity index is 1.71. The van der Waals surface area contributed by atoms with Crippen LogP contribution >= 0.6 is 0 Å². The molecule has 0 spiro atoms. The second-order valence-corrected chi connectivity index (χ2v) is 6.32. The first-order chi connectivity index (χ1) is 12.1. The Morgan fingerprint density at radius 3 is 2.80 bits per heavy atom. The van der Waals surface area contributed by atoms with Crippen molar-refractivity contribution in [3.05, 3.63) is 57.8 Å². The molecule has 0 bridgehead atoms. The van der Waals surface area contributed by atoms with Gasteiger partial charge in [0.1, 0.15) is 11.6 Å². The Hall–Kier alpha value is -2.57. The highest BCUT2D eigenvalue weighted by Crippen LogP contribution is 2.33. The third-order valence-corrected chi connectivity index (χ3v) is 4.75. The van der Waals surface area contributed by atoms with Crippen LogP contribution in [0.15, 0.2) is 39.6 Å². The average Bonchev–Trinajstić information content (AvgIpc) is 3.07. The van der Waals surface area contributed by atoms with Crippen LogP contribution in [0.25, 0.3) is 0 Å². The summed E-state index contributed by atoms with van der Waals surface area (Å²) >= 11 is 0. The van der Waals surface area contributed by atoms with E-state index < -0.39 is 0 Å². The minimum atomic E-state index is -0.349. The molecule has 7 heteroatoms. The molecule has 1 fully saturated rings. The van der Waals surface area contributed by atoms with Crippen LogP contribution in [0.4, 0.5) is 9.18 Å². The van der Waals surface area contributed by atoms with Gasteiger partial charge in [0.25, 0.3) is 5.56 Å². The van der Waals surface area contributed by atoms with Gasteiger partial charge in [-0.05, 0) is 43.4 Å². The van der Waals surface area contributed by atoms with Gasteiger partial charge in [-0.2, -0.15) is 5.16 Å². The van der Waals surface area contributed by atoms with E-state index in [1.54, 1.807) is 17.0 Å². The Morgan fingerprint density at radius 2 is 2.16 bits per heavy atom. The number of hydrogen-bond acceptors (Lipinski definition) is 4. The minimum Gasteiger partial charge on any atom is -0.453 e. The lowest BCUT2D eigenvalue weighted by Crippen LogP contribution is -2.45. The number of H-pyrrole nitrogens is 1. The molecule has 25 heavy (non-hydrogen) atoms. The number of aryl methyl sites for hydroxylation is 1. The number of likely N-dealkylation sites (tertiary alicyclic amines) is 1. The van der Waals surface area contributed by atoms with Gasteiger partial charge in [-0.3, -0.25) is 4.79 Å². The van der Waals surface area contributed by atoms with Gasteiger partial charge in [-0.1, -0.05) is 12.1 Å². The summed E-state index contributed by atoms with van der Waals surface area (Å²) in [5, 5.41) is 2.32. The summed E-state index contributed by atoms with van der Waals surface area (Å²) in [7, 11) is 1.37. The quantitative estimate of drug-likeness (QED) is 0.921. The number of benzene rings is 1. The van der Waals surface area contributed by atoms with Crippen LogP contribution in [0, 0.1) is 5.82 Å². The van der Waals surface area contributed by atoms with E-state index in [4.69, 9.17) is 9.26 Å². The van der Waals surface area contributed by atoms with Crippen LogP contribution in [-0.2, 0) is 11.2 Å². The van der Waals surface area contributed by atoms with Crippen molar-refractivity contribution in [1.29, 1.82) is 0 Å². The number of hydrogen-bond donors (Lipinski definition) is 1. The molecule has 1 saturated heterocycles. The molecule has 1 aromatic heterocycles. The average molecular weight is 348 g/mol. The van der Waals surface area contributed by atoms with Crippen molar-refractivity contribution in [2.75, 3.05) is 13.7 Å². The van der Waals surface area contributed by atoms with Gasteiger partial charge in [-0.15, -0.1) is 0 Å². The second kappa shape index (κ2) is 7.55. The van der Waals surface area contributed by atoms with Crippen molar-refractivity contribution in [2.45, 2.75) is 37.6 Å². The molecule has 3 rings (SSSR count). The SMILES string of the molecule is COC(=O)N1CC[C@H](c2cc(=O)[nH]o2)C[C@H]1CCc1ccc(F)cc1. The van der Waals surface area contributed by atoms with E-state index in [2.05, 4.69) is 5.16 Å². The fraction of sp³-hybridized carbons (Fsp3) is 0.444. The molecule has 1 N–H and O–H groups in total. The maximum absolute atomic E-state index is 13.0. The number of carbonyl (C=O) groups is 1. The third-order valence-electron chi connectivity index (χ3n) is 4.75. The molecule has 1 amide bonds. The van der Waals surface area contributed by atoms with E-state index in [0.29, 0.717) is 25.1 Å². The van der Waals surface area contributed by atoms with Gasteiger partial charge >= 0.3 is 6.09 Å². The monoisotopic (exact) mass is 348 g/mol. The number of aromatic nitrogens is 1. The summed E-state index contributed by atoms with van der Waals surface area (Å²) in [6.45, 7) is 0.542. The molecule has 2 heterocycles. The molecular weight excluding hydrogens is 327 g/mol. The first kappa shape index (κ1) is 17.3. The summed E-state index contributed by atoms with van der Waals surface area (Å²) in [6.07, 6.45) is 2.51. The zero-order chi connectivity index (χ0) is 17.8. The van der Waals surface area contributed by atoms with Crippen molar-refractivity contribution >= 4 is 6.09 Å². The van der Waals surface area contributed by atoms with Crippen LogP contribution in [0.3, 0.4) is 0 Å². The molecule has 6 nitrogen and oxygen atoms in total. The largest absolute Gasteiger partial charge is 0.453 e. The topological polar surface area (TPSA) is 75.5 Å². The van der Waals surface area contributed by atoms with Crippen LogP contribution in [0.2, 0.25) is 0 Å². The van der Waals surface area contributed by atoms with Crippen molar-refractivity contribution in [3.8, 4) is 0 Å². The fourth-order valence-electron chi connectivity index (χ4n) is 3.42. The predicted molar refractivity (Wildman–Crippen MR) is 88.9 cm³/mol. The van der Waals surface area contributed by atoms with E-state index in [1.165, 1.54) is 25.3 Å². The molecule has 0 saturated carbocycles. The van der Waals surface area contributed by atoms with E-state index >= 15 is 0 Å². The number of carbonyl (C=O) groups excluding carboxylic acids is 1. The van der Waals surface area contributed by atoms with E-state index in [1.807, 2.05) is 0 Å². The van der Waals surface area contributed by atoms with Gasteiger partial charge in [0.15, 0.2) is 0 Å². The van der Waals surface area contributed by atoms with Crippen LogP contribution < -0.4 is 5.56 Å². The Kier molecular flexibility index (Phi) is 5.21. The van der Waals surface area contributed by atoms with Crippen LogP contribution in [-0.4, -0.2) is 35.8 Å². The van der Waals surface area contributed by atoms with Gasteiger partial charge in [0, 0.05) is 24.6 Å². The molecule has 0 aliphatic carbocycles. The van der Waals surface area contributed by atoms with Crippen molar-refractivity contribution in [3.63, 3.8) is 0 Å². The highest BCUT2D eigenvalue weighted by Gasteiger charge is 2.34. The standard InChI is InChI=1S/C18H21FN2O4/c1-24-18(23)21-9-8-13(16-11-17(22)20-25-16)10-15(21)7-4-12-2-5-14(19)6-3-12/h2-3,5-6,11,13,15H,4,7-10H2,1H3,(H,20,22)/t13-,15+/m0/s1. The predicted octanol–water partition coefficient (Wildman–Crippen LogP) is 3.05. The number of aromatic amines is 1. The van der Waals surface area contributed by atoms with Crippen LogP contribution in [0.5, 0.6) is 0 Å². The smallest absolute Gasteiger partial charge is 0.409 e. The Bertz CT molecular complexity index is 768. The minimum absolute atomic E-state index is 0.0311. The lowest BCUT2D eigenvalue weighted by atomic mass is 9.86. The van der Waals surface area contributed by atoms with Crippen molar-refractivity contribution in [2.24, 2.45) is 0 Å². The van der Waals surface area contributed by atoms with Gasteiger partial charge < -0.3 is 14.2 Å². The Morgan fingerprint density at radius 1 is 1.40 bits per heavy atom. The second-order valence-electron chi connectivity index (χ2n) is 6.32. The normalized spacial score (nSPS) is 20.5. The lowest BCUT2D eigenvalue weighted by Gasteiger charge is -2.38. The number of rotatable bonds is 4. The van der Waals surface area contributed by atoms with Gasteiger partial charge in [0.2, 0.25) is 0 Å². The molecule has 2 atom stereocenters. The van der Waals surface area contributed by atoms with Gasteiger partial charge in [-0.25, -0.2) is 9.18 Å². The number of nitrogens with one attached hydrogen (secondary N) is 1. The molecule has 1 aromatic carbocycles. The summed E-state index contributed by atoms with van der Waals surface area (Å²) in [5.74, 6) is 0.444. The van der Waals surface area contributed by atoms with E-state index in [0.717, 1.165) is 18.4 Å². The molecule has 0 unspecified atom stereocenters. The van der Waals surface area contributed by atoms with Gasteiger partial charge in [0.05, 0.1) is 7.11 Å². The third kappa shape index (κ3) is 4.10. The lowest BCUT2D eigenvalue weighted by molar-refractivity contribution is 0.0789. The zero-order valence-corrected chi connectivity index (χ0v) is 14.0. The van der Waals surface area contributed by atoms with E-state index in [9.17, 15) is 14.0 Å². The summed E-state index contributed by atoms with van der Waals surface area (Å²) in [5.41, 5.74) is 0.759. The summed E-state index contributed by atoms with van der Waals surface area (Å²) < 4.78 is 23.2. The number of nitrogens with zero attached hydrogens (tertiary/aromatic N) is 1. The number of amides is 1. The highest BCUT2D eigenvalue weighted by molar-refractivity contribution is 5.68. The molecule has 134 valence electrons. The molecular formula is C18H21FN2O4. The summed E-state index contributed by atoms with van der Waals surface area (Å²) in [4.78, 5) is 25.1. The first-order valence-electron chi connectivity index (χ1n) is 8.34. The molecule has 2 aromatic rings. The molecule has 1 aliphatic rings. The van der Waals surface area contributed by atoms with Crippen LogP contribution in [0.1, 0.15) is 36.5 Å². The summed E-state index contributed by atoms with van der Waals surface area (Å²) in [6, 6.07) is 7.82. The molecule has 0 radical (unpaired) electrons.